The zero-order valence-electron chi connectivity index (χ0n) is 9.88. The Balaban J connectivity index is 1.91. The number of hydrogen-bond acceptors (Lipinski definition) is 2. The summed E-state index contributed by atoms with van der Waals surface area (Å²) in [4.78, 5) is 0. The van der Waals surface area contributed by atoms with Gasteiger partial charge in [0.25, 0.3) is 0 Å². The van der Waals surface area contributed by atoms with Crippen molar-refractivity contribution in [1.82, 2.24) is 5.32 Å². The molecule has 0 spiro atoms. The van der Waals surface area contributed by atoms with Gasteiger partial charge in [0.15, 0.2) is 0 Å². The molecule has 0 aromatic heterocycles. The second kappa shape index (κ2) is 6.07. The van der Waals surface area contributed by atoms with Gasteiger partial charge >= 0.3 is 0 Å². The molecule has 2 rings (SSSR count). The van der Waals surface area contributed by atoms with Crippen molar-refractivity contribution in [1.29, 1.82) is 0 Å². The van der Waals surface area contributed by atoms with Gasteiger partial charge in [-0.3, -0.25) is 0 Å². The highest BCUT2D eigenvalue weighted by Crippen LogP contribution is 2.29. The molecule has 1 unspecified atom stereocenters. The van der Waals surface area contributed by atoms with Crippen LogP contribution in [0, 0.1) is 0 Å². The average Bonchev–Trinajstić information content (AvgIpc) is 3.11. The van der Waals surface area contributed by atoms with E-state index in [4.69, 9.17) is 16.3 Å². The first-order chi connectivity index (χ1) is 8.19. The van der Waals surface area contributed by atoms with E-state index in [1.807, 2.05) is 18.2 Å². The minimum Gasteiger partial charge on any atom is -0.488 e. The summed E-state index contributed by atoms with van der Waals surface area (Å²) in [7, 11) is 0. The van der Waals surface area contributed by atoms with Gasteiger partial charge in [0.2, 0.25) is 0 Å². The molecule has 1 aromatic rings. The molecule has 1 N–H and O–H groups in total. The summed E-state index contributed by atoms with van der Waals surface area (Å²) in [6.45, 7) is 3.05. The lowest BCUT2D eigenvalue weighted by Crippen LogP contribution is -2.32. The van der Waals surface area contributed by atoms with Crippen LogP contribution >= 0.6 is 27.5 Å². The number of halogens is 2. The summed E-state index contributed by atoms with van der Waals surface area (Å²) >= 11 is 9.37. The van der Waals surface area contributed by atoms with E-state index >= 15 is 0 Å². The highest BCUT2D eigenvalue weighted by Gasteiger charge is 2.22. The van der Waals surface area contributed by atoms with Gasteiger partial charge in [-0.05, 0) is 53.4 Å². The van der Waals surface area contributed by atoms with Gasteiger partial charge < -0.3 is 10.1 Å². The van der Waals surface area contributed by atoms with Crippen LogP contribution in [0.25, 0.3) is 0 Å². The van der Waals surface area contributed by atoms with Crippen LogP contribution in [0.5, 0.6) is 5.75 Å². The van der Waals surface area contributed by atoms with Crippen LogP contribution in [-0.2, 0) is 0 Å². The molecular formula is C13H17BrClNO. The third-order valence-corrected chi connectivity index (χ3v) is 3.71. The predicted octanol–water partition coefficient (Wildman–Crippen LogP) is 4.01. The molecule has 0 heterocycles. The molecule has 0 amide bonds. The van der Waals surface area contributed by atoms with E-state index < -0.39 is 0 Å². The van der Waals surface area contributed by atoms with Crippen molar-refractivity contribution >= 4 is 27.5 Å². The molecule has 1 aliphatic carbocycles. The molecule has 1 saturated carbocycles. The van der Waals surface area contributed by atoms with E-state index in [1.54, 1.807) is 0 Å². The number of hydrogen-bond donors (Lipinski definition) is 1. The maximum atomic E-state index is 5.96. The first-order valence-electron chi connectivity index (χ1n) is 6.04. The zero-order valence-corrected chi connectivity index (χ0v) is 12.2. The summed E-state index contributed by atoms with van der Waals surface area (Å²) in [5, 5.41) is 4.21. The van der Waals surface area contributed by atoms with Gasteiger partial charge in [0, 0.05) is 17.6 Å². The molecule has 0 saturated heterocycles. The minimum absolute atomic E-state index is 0.216. The number of benzene rings is 1. The second-order valence-electron chi connectivity index (χ2n) is 4.41. The van der Waals surface area contributed by atoms with Crippen LogP contribution in [0.1, 0.15) is 26.2 Å². The molecule has 1 aromatic carbocycles. The van der Waals surface area contributed by atoms with Crippen molar-refractivity contribution in [3.63, 3.8) is 0 Å². The van der Waals surface area contributed by atoms with Gasteiger partial charge in [0.1, 0.15) is 11.9 Å². The van der Waals surface area contributed by atoms with Crippen molar-refractivity contribution in [2.45, 2.75) is 38.3 Å². The molecule has 17 heavy (non-hydrogen) atoms. The van der Waals surface area contributed by atoms with Gasteiger partial charge in [-0.2, -0.15) is 0 Å². The lowest BCUT2D eigenvalue weighted by Gasteiger charge is -2.19. The summed E-state index contributed by atoms with van der Waals surface area (Å²) in [5.74, 6) is 0.860. The summed E-state index contributed by atoms with van der Waals surface area (Å²) in [6.07, 6.45) is 3.82. The lowest BCUT2D eigenvalue weighted by molar-refractivity contribution is 0.191. The fourth-order valence-corrected chi connectivity index (χ4v) is 2.38. The Bertz CT molecular complexity index is 382. The second-order valence-corrected chi connectivity index (χ2v) is 5.70. The molecule has 2 nitrogen and oxygen atoms in total. The molecule has 0 radical (unpaired) electrons. The molecular weight excluding hydrogens is 302 g/mol. The first-order valence-corrected chi connectivity index (χ1v) is 7.21. The Morgan fingerprint density at radius 3 is 2.88 bits per heavy atom. The van der Waals surface area contributed by atoms with E-state index in [0.717, 1.165) is 29.2 Å². The number of ether oxygens (including phenoxy) is 1. The molecule has 94 valence electrons. The van der Waals surface area contributed by atoms with E-state index in [1.165, 1.54) is 12.8 Å². The predicted molar refractivity (Wildman–Crippen MR) is 74.9 cm³/mol. The number of nitrogens with one attached hydrogen (secondary N) is 1. The van der Waals surface area contributed by atoms with Gasteiger partial charge in [-0.1, -0.05) is 18.5 Å². The Morgan fingerprint density at radius 2 is 2.29 bits per heavy atom. The maximum absolute atomic E-state index is 5.96. The quantitative estimate of drug-likeness (QED) is 0.855. The van der Waals surface area contributed by atoms with Crippen LogP contribution in [-0.4, -0.2) is 18.7 Å². The standard InChI is InChI=1S/C13H17BrClNO/c1-2-11(8-16-10-4-5-10)17-13-6-3-9(15)7-12(13)14/h3,6-7,10-11,16H,2,4-5,8H2,1H3. The minimum atomic E-state index is 0.216. The monoisotopic (exact) mass is 317 g/mol. The largest absolute Gasteiger partial charge is 0.488 e. The molecule has 1 fully saturated rings. The molecule has 0 bridgehead atoms. The Labute approximate surface area is 116 Å². The SMILES string of the molecule is CCC(CNC1CC1)Oc1ccc(Cl)cc1Br. The Kier molecular flexibility index (Phi) is 4.71. The normalized spacial score (nSPS) is 16.9. The van der Waals surface area contributed by atoms with Gasteiger partial charge in [-0.25, -0.2) is 0 Å². The van der Waals surface area contributed by atoms with Crippen LogP contribution in [0.2, 0.25) is 5.02 Å². The van der Waals surface area contributed by atoms with Crippen molar-refractivity contribution in [2.24, 2.45) is 0 Å². The Hall–Kier alpha value is -0.250. The van der Waals surface area contributed by atoms with E-state index in [-0.39, 0.29) is 6.10 Å². The smallest absolute Gasteiger partial charge is 0.134 e. The average molecular weight is 319 g/mol. The topological polar surface area (TPSA) is 21.3 Å². The molecule has 1 atom stereocenters. The van der Waals surface area contributed by atoms with Crippen LogP contribution in [0.15, 0.2) is 22.7 Å². The van der Waals surface area contributed by atoms with Crippen molar-refractivity contribution in [3.8, 4) is 5.75 Å². The van der Waals surface area contributed by atoms with Crippen molar-refractivity contribution in [3.05, 3.63) is 27.7 Å². The van der Waals surface area contributed by atoms with Gasteiger partial charge in [0.05, 0.1) is 4.47 Å². The first kappa shape index (κ1) is 13.2. The summed E-state index contributed by atoms with van der Waals surface area (Å²) < 4.78 is 6.87. The third-order valence-electron chi connectivity index (χ3n) is 2.85. The van der Waals surface area contributed by atoms with Crippen LogP contribution < -0.4 is 10.1 Å². The van der Waals surface area contributed by atoms with Crippen molar-refractivity contribution < 1.29 is 4.74 Å². The molecule has 4 heteroatoms. The van der Waals surface area contributed by atoms with E-state index in [9.17, 15) is 0 Å². The summed E-state index contributed by atoms with van der Waals surface area (Å²) in [6, 6.07) is 6.34. The fourth-order valence-electron chi connectivity index (χ4n) is 1.61. The van der Waals surface area contributed by atoms with Gasteiger partial charge in [-0.15, -0.1) is 0 Å². The highest BCUT2D eigenvalue weighted by atomic mass is 79.9. The maximum Gasteiger partial charge on any atom is 0.134 e. The third kappa shape index (κ3) is 4.16. The molecule has 0 aliphatic heterocycles. The highest BCUT2D eigenvalue weighted by molar-refractivity contribution is 9.10. The number of rotatable bonds is 6. The fraction of sp³-hybridized carbons (Fsp3) is 0.538. The van der Waals surface area contributed by atoms with E-state index in [2.05, 4.69) is 28.2 Å². The molecule has 1 aliphatic rings. The van der Waals surface area contributed by atoms with Crippen molar-refractivity contribution in [2.75, 3.05) is 6.54 Å². The Morgan fingerprint density at radius 1 is 1.53 bits per heavy atom. The zero-order chi connectivity index (χ0) is 12.3. The van der Waals surface area contributed by atoms with E-state index in [0.29, 0.717) is 5.02 Å². The van der Waals surface area contributed by atoms with Crippen LogP contribution in [0.4, 0.5) is 0 Å². The summed E-state index contributed by atoms with van der Waals surface area (Å²) in [5.41, 5.74) is 0. The van der Waals surface area contributed by atoms with Crippen LogP contribution in [0.3, 0.4) is 0 Å². The lowest BCUT2D eigenvalue weighted by atomic mass is 10.2.